The highest BCUT2D eigenvalue weighted by molar-refractivity contribution is 6.02. The molecule has 0 amide bonds. The van der Waals surface area contributed by atoms with E-state index in [2.05, 4.69) is 5.16 Å². The highest BCUT2D eigenvalue weighted by Crippen LogP contribution is 2.19. The zero-order chi connectivity index (χ0) is 12.1. The maximum atomic E-state index is 12.2. The summed E-state index contributed by atoms with van der Waals surface area (Å²) >= 11 is 0. The largest absolute Gasteiger partial charge is 0.409 e. The summed E-state index contributed by atoms with van der Waals surface area (Å²) in [4.78, 5) is 1.36. The minimum Gasteiger partial charge on any atom is -0.409 e. The van der Waals surface area contributed by atoms with E-state index in [1.807, 2.05) is 0 Å². The van der Waals surface area contributed by atoms with Gasteiger partial charge in [0.05, 0.1) is 6.54 Å². The number of benzene rings is 1. The molecule has 4 nitrogen and oxygen atoms in total. The van der Waals surface area contributed by atoms with Crippen LogP contribution in [0.5, 0.6) is 0 Å². The summed E-state index contributed by atoms with van der Waals surface area (Å²) in [5, 5.41) is 11.4. The summed E-state index contributed by atoms with van der Waals surface area (Å²) in [5.74, 6) is -0.100. The monoisotopic (exact) mass is 229 g/mol. The van der Waals surface area contributed by atoms with Crippen LogP contribution in [0, 0.1) is 0 Å². The number of alkyl halides is 2. The molecule has 1 aromatic carbocycles. The van der Waals surface area contributed by atoms with Crippen molar-refractivity contribution in [2.45, 2.75) is 6.43 Å². The van der Waals surface area contributed by atoms with Crippen molar-refractivity contribution in [2.75, 3.05) is 18.5 Å². The van der Waals surface area contributed by atoms with Crippen molar-refractivity contribution in [3.8, 4) is 0 Å². The van der Waals surface area contributed by atoms with E-state index in [4.69, 9.17) is 10.9 Å². The van der Waals surface area contributed by atoms with Crippen LogP contribution in [-0.4, -0.2) is 31.1 Å². The molecule has 0 heterocycles. The van der Waals surface area contributed by atoms with Gasteiger partial charge in [0.1, 0.15) is 0 Å². The van der Waals surface area contributed by atoms with Crippen LogP contribution in [0.2, 0.25) is 0 Å². The van der Waals surface area contributed by atoms with Crippen LogP contribution in [0.3, 0.4) is 0 Å². The van der Waals surface area contributed by atoms with Gasteiger partial charge in [-0.05, 0) is 12.1 Å². The Morgan fingerprint density at radius 3 is 2.69 bits per heavy atom. The van der Waals surface area contributed by atoms with Gasteiger partial charge < -0.3 is 15.8 Å². The molecule has 0 aliphatic heterocycles. The fraction of sp³-hybridized carbons (Fsp3) is 0.300. The predicted octanol–water partition coefficient (Wildman–Crippen LogP) is 1.48. The Morgan fingerprint density at radius 2 is 2.12 bits per heavy atom. The van der Waals surface area contributed by atoms with Gasteiger partial charge in [-0.25, -0.2) is 8.78 Å². The van der Waals surface area contributed by atoms with Gasteiger partial charge in [-0.3, -0.25) is 0 Å². The second-order valence-corrected chi connectivity index (χ2v) is 3.27. The first kappa shape index (κ1) is 12.2. The number of hydrogen-bond donors (Lipinski definition) is 2. The van der Waals surface area contributed by atoms with Crippen molar-refractivity contribution in [1.29, 1.82) is 0 Å². The lowest BCUT2D eigenvalue weighted by molar-refractivity contribution is 0.156. The number of hydrogen-bond acceptors (Lipinski definition) is 3. The molecular weight excluding hydrogens is 216 g/mol. The van der Waals surface area contributed by atoms with E-state index >= 15 is 0 Å². The van der Waals surface area contributed by atoms with Crippen molar-refractivity contribution in [3.63, 3.8) is 0 Å². The van der Waals surface area contributed by atoms with E-state index in [9.17, 15) is 8.78 Å². The van der Waals surface area contributed by atoms with Gasteiger partial charge in [0, 0.05) is 18.3 Å². The zero-order valence-electron chi connectivity index (χ0n) is 8.77. The second-order valence-electron chi connectivity index (χ2n) is 3.27. The quantitative estimate of drug-likeness (QED) is 0.356. The third-order valence-corrected chi connectivity index (χ3v) is 2.11. The van der Waals surface area contributed by atoms with Gasteiger partial charge in [0.25, 0.3) is 6.43 Å². The van der Waals surface area contributed by atoms with E-state index in [0.717, 1.165) is 0 Å². The smallest absolute Gasteiger partial charge is 0.255 e. The van der Waals surface area contributed by atoms with Crippen LogP contribution in [0.1, 0.15) is 5.56 Å². The molecule has 88 valence electrons. The number of nitrogens with zero attached hydrogens (tertiary/aromatic N) is 2. The van der Waals surface area contributed by atoms with E-state index in [1.165, 1.54) is 11.9 Å². The fourth-order valence-corrected chi connectivity index (χ4v) is 1.38. The first-order valence-electron chi connectivity index (χ1n) is 4.62. The van der Waals surface area contributed by atoms with Gasteiger partial charge in [0.2, 0.25) is 0 Å². The zero-order valence-corrected chi connectivity index (χ0v) is 8.77. The summed E-state index contributed by atoms with van der Waals surface area (Å²) in [6, 6.07) is 6.63. The van der Waals surface area contributed by atoms with E-state index < -0.39 is 13.0 Å². The van der Waals surface area contributed by atoms with Crippen molar-refractivity contribution in [3.05, 3.63) is 29.8 Å². The van der Waals surface area contributed by atoms with Gasteiger partial charge in [-0.15, -0.1) is 0 Å². The molecule has 0 aromatic heterocycles. The maximum Gasteiger partial charge on any atom is 0.255 e. The Morgan fingerprint density at radius 1 is 1.50 bits per heavy atom. The summed E-state index contributed by atoms with van der Waals surface area (Å²) in [6.07, 6.45) is -2.44. The summed E-state index contributed by atoms with van der Waals surface area (Å²) in [6.45, 7) is -0.407. The van der Waals surface area contributed by atoms with E-state index in [-0.39, 0.29) is 5.84 Å². The van der Waals surface area contributed by atoms with Crippen LogP contribution >= 0.6 is 0 Å². The number of anilines is 1. The highest BCUT2D eigenvalue weighted by atomic mass is 19.3. The number of para-hydroxylation sites is 1. The minimum absolute atomic E-state index is 0.100. The lowest BCUT2D eigenvalue weighted by Gasteiger charge is -2.21. The Hall–Kier alpha value is -1.85. The van der Waals surface area contributed by atoms with Crippen LogP contribution in [0.4, 0.5) is 14.5 Å². The summed E-state index contributed by atoms with van der Waals surface area (Å²) < 4.78 is 24.5. The van der Waals surface area contributed by atoms with Gasteiger partial charge in [0.15, 0.2) is 5.84 Å². The molecular formula is C10H13F2N3O. The summed E-state index contributed by atoms with van der Waals surface area (Å²) in [5.41, 5.74) is 6.37. The maximum absolute atomic E-state index is 12.2. The van der Waals surface area contributed by atoms with Crippen molar-refractivity contribution in [2.24, 2.45) is 10.9 Å². The first-order valence-corrected chi connectivity index (χ1v) is 4.62. The Bertz CT molecular complexity index is 382. The summed E-state index contributed by atoms with van der Waals surface area (Å²) in [7, 11) is 1.52. The molecule has 0 saturated heterocycles. The molecule has 0 aliphatic rings. The molecule has 0 aliphatic carbocycles. The average molecular weight is 229 g/mol. The molecule has 0 bridgehead atoms. The van der Waals surface area contributed by atoms with Crippen molar-refractivity contribution in [1.82, 2.24) is 0 Å². The third kappa shape index (κ3) is 2.82. The van der Waals surface area contributed by atoms with Crippen LogP contribution in [0.25, 0.3) is 0 Å². The molecule has 0 radical (unpaired) electrons. The minimum atomic E-state index is -2.44. The van der Waals surface area contributed by atoms with Gasteiger partial charge >= 0.3 is 0 Å². The van der Waals surface area contributed by atoms with Crippen molar-refractivity contribution < 1.29 is 14.0 Å². The third-order valence-electron chi connectivity index (χ3n) is 2.11. The Balaban J connectivity index is 3.03. The number of oxime groups is 1. The van der Waals surface area contributed by atoms with Gasteiger partial charge in [-0.2, -0.15) is 0 Å². The molecule has 16 heavy (non-hydrogen) atoms. The molecule has 0 atom stereocenters. The van der Waals surface area contributed by atoms with E-state index in [1.54, 1.807) is 24.3 Å². The fourth-order valence-electron chi connectivity index (χ4n) is 1.38. The molecule has 0 spiro atoms. The Kier molecular flexibility index (Phi) is 4.04. The number of halogens is 2. The normalized spacial score (nSPS) is 11.9. The SMILES string of the molecule is CN(CC(F)F)c1ccccc1C(N)=NO. The molecule has 1 rings (SSSR count). The predicted molar refractivity (Wildman–Crippen MR) is 58.2 cm³/mol. The van der Waals surface area contributed by atoms with Crippen molar-refractivity contribution >= 4 is 11.5 Å². The molecule has 1 aromatic rings. The van der Waals surface area contributed by atoms with Crippen LogP contribution in [0.15, 0.2) is 29.4 Å². The second kappa shape index (κ2) is 5.29. The van der Waals surface area contributed by atoms with Gasteiger partial charge in [-0.1, -0.05) is 17.3 Å². The number of nitrogens with two attached hydrogens (primary N) is 1. The highest BCUT2D eigenvalue weighted by Gasteiger charge is 2.13. The molecule has 0 unspecified atom stereocenters. The molecule has 0 fully saturated rings. The lowest BCUT2D eigenvalue weighted by Crippen LogP contribution is -2.27. The number of amidine groups is 1. The van der Waals surface area contributed by atoms with E-state index in [0.29, 0.717) is 11.3 Å². The number of rotatable bonds is 4. The average Bonchev–Trinajstić information content (AvgIpc) is 2.27. The standard InChI is InChI=1S/C10H13F2N3O/c1-15(6-9(11)12)8-5-3-2-4-7(8)10(13)14-16/h2-5,9,16H,6H2,1H3,(H2,13,14). The lowest BCUT2D eigenvalue weighted by atomic mass is 10.1. The molecule has 0 saturated carbocycles. The van der Waals surface area contributed by atoms with Crippen LogP contribution < -0.4 is 10.6 Å². The molecule has 3 N–H and O–H groups in total. The van der Waals surface area contributed by atoms with Crippen LogP contribution in [-0.2, 0) is 0 Å². The topological polar surface area (TPSA) is 61.8 Å². The first-order chi connectivity index (χ1) is 7.56. The molecule has 6 heteroatoms. The Labute approximate surface area is 92.0 Å².